The lowest BCUT2D eigenvalue weighted by atomic mass is 10.1. The number of nitrogens with one attached hydrogen (secondary N) is 2. The molecule has 0 fully saturated rings. The van der Waals surface area contributed by atoms with Gasteiger partial charge >= 0.3 is 0 Å². The predicted octanol–water partition coefficient (Wildman–Crippen LogP) is 3.32. The Balaban J connectivity index is 1.62. The zero-order valence-electron chi connectivity index (χ0n) is 10.6. The molecule has 0 bridgehead atoms. The van der Waals surface area contributed by atoms with Crippen molar-refractivity contribution < 1.29 is 4.42 Å². The lowest BCUT2D eigenvalue weighted by Crippen LogP contribution is -2.00. The van der Waals surface area contributed by atoms with Gasteiger partial charge in [0, 0.05) is 11.9 Å². The number of hydrogen-bond donors (Lipinski definition) is 2. The molecule has 2 N–H and O–H groups in total. The molecule has 2 aromatic carbocycles. The van der Waals surface area contributed by atoms with Crippen LogP contribution in [0.25, 0.3) is 22.0 Å². The van der Waals surface area contributed by atoms with E-state index in [1.165, 1.54) is 0 Å². The molecule has 98 valence electrons. The summed E-state index contributed by atoms with van der Waals surface area (Å²) in [5, 5.41) is 11.4. The minimum absolute atomic E-state index is 0.530. The highest BCUT2D eigenvalue weighted by atomic mass is 16.4. The van der Waals surface area contributed by atoms with Crippen LogP contribution in [-0.2, 0) is 6.54 Å². The Morgan fingerprint density at radius 2 is 2.05 bits per heavy atom. The summed E-state index contributed by atoms with van der Waals surface area (Å²) in [4.78, 5) is 4.39. The minimum atomic E-state index is 0.530. The number of oxazole rings is 1. The fourth-order valence-electron chi connectivity index (χ4n) is 2.30. The second-order valence-corrected chi connectivity index (χ2v) is 4.59. The SMILES string of the molecule is c1cc(CNc2nc3ccccc3o2)c2[nH]ncc2c1. The molecule has 0 aliphatic rings. The van der Waals surface area contributed by atoms with E-state index < -0.39 is 0 Å². The molecule has 20 heavy (non-hydrogen) atoms. The molecule has 0 atom stereocenters. The van der Waals surface area contributed by atoms with Gasteiger partial charge in [-0.3, -0.25) is 5.10 Å². The van der Waals surface area contributed by atoms with Crippen LogP contribution >= 0.6 is 0 Å². The Morgan fingerprint density at radius 1 is 1.10 bits per heavy atom. The molecular formula is C15H12N4O. The average Bonchev–Trinajstić information content (AvgIpc) is 3.11. The zero-order chi connectivity index (χ0) is 13.4. The minimum Gasteiger partial charge on any atom is -0.424 e. The molecular weight excluding hydrogens is 252 g/mol. The molecule has 0 radical (unpaired) electrons. The summed E-state index contributed by atoms with van der Waals surface area (Å²) >= 11 is 0. The van der Waals surface area contributed by atoms with E-state index in [0.29, 0.717) is 12.6 Å². The van der Waals surface area contributed by atoms with E-state index in [4.69, 9.17) is 4.42 Å². The first-order chi connectivity index (χ1) is 9.90. The van der Waals surface area contributed by atoms with Crippen molar-refractivity contribution in [1.29, 1.82) is 0 Å². The van der Waals surface area contributed by atoms with Crippen molar-refractivity contribution in [3.63, 3.8) is 0 Å². The third kappa shape index (κ3) is 1.80. The maximum Gasteiger partial charge on any atom is 0.295 e. The largest absolute Gasteiger partial charge is 0.424 e. The topological polar surface area (TPSA) is 66.7 Å². The van der Waals surface area contributed by atoms with Crippen molar-refractivity contribution in [2.45, 2.75) is 6.54 Å². The number of nitrogens with zero attached hydrogens (tertiary/aromatic N) is 2. The van der Waals surface area contributed by atoms with E-state index in [9.17, 15) is 0 Å². The maximum absolute atomic E-state index is 5.64. The predicted molar refractivity (Wildman–Crippen MR) is 77.4 cm³/mol. The molecule has 0 saturated carbocycles. The first kappa shape index (κ1) is 11.0. The Morgan fingerprint density at radius 3 is 3.00 bits per heavy atom. The van der Waals surface area contributed by atoms with Gasteiger partial charge in [0.2, 0.25) is 0 Å². The van der Waals surface area contributed by atoms with E-state index >= 15 is 0 Å². The van der Waals surface area contributed by atoms with Crippen molar-refractivity contribution in [3.8, 4) is 0 Å². The van der Waals surface area contributed by atoms with E-state index in [2.05, 4.69) is 26.6 Å². The lowest BCUT2D eigenvalue weighted by Gasteiger charge is -2.03. The van der Waals surface area contributed by atoms with Gasteiger partial charge in [0.15, 0.2) is 5.58 Å². The van der Waals surface area contributed by atoms with Crippen molar-refractivity contribution in [2.75, 3.05) is 5.32 Å². The van der Waals surface area contributed by atoms with Gasteiger partial charge in [0.1, 0.15) is 5.52 Å². The first-order valence-corrected chi connectivity index (χ1v) is 6.40. The van der Waals surface area contributed by atoms with Crippen LogP contribution in [0.4, 0.5) is 6.01 Å². The van der Waals surface area contributed by atoms with Crippen LogP contribution in [0.2, 0.25) is 0 Å². The van der Waals surface area contributed by atoms with E-state index in [0.717, 1.165) is 27.6 Å². The van der Waals surface area contributed by atoms with Crippen molar-refractivity contribution in [3.05, 3.63) is 54.2 Å². The van der Waals surface area contributed by atoms with Gasteiger partial charge in [-0.1, -0.05) is 30.3 Å². The van der Waals surface area contributed by atoms with Gasteiger partial charge in [-0.25, -0.2) is 0 Å². The number of aromatic nitrogens is 3. The third-order valence-electron chi connectivity index (χ3n) is 3.29. The molecule has 4 rings (SSSR count). The van der Waals surface area contributed by atoms with Crippen LogP contribution in [0, 0.1) is 0 Å². The van der Waals surface area contributed by atoms with Crippen molar-refractivity contribution >= 4 is 28.0 Å². The number of hydrogen-bond acceptors (Lipinski definition) is 4. The molecule has 0 saturated heterocycles. The maximum atomic E-state index is 5.64. The number of benzene rings is 2. The third-order valence-corrected chi connectivity index (χ3v) is 3.29. The molecule has 2 heterocycles. The summed E-state index contributed by atoms with van der Waals surface area (Å²) in [6, 6.07) is 14.3. The Kier molecular flexibility index (Phi) is 2.42. The molecule has 0 spiro atoms. The van der Waals surface area contributed by atoms with Gasteiger partial charge in [-0.05, 0) is 17.7 Å². The number of fused-ring (bicyclic) bond motifs is 2. The fourth-order valence-corrected chi connectivity index (χ4v) is 2.30. The highest BCUT2D eigenvalue weighted by Gasteiger charge is 2.06. The molecule has 4 aromatic rings. The van der Waals surface area contributed by atoms with Gasteiger partial charge in [-0.2, -0.15) is 10.1 Å². The van der Waals surface area contributed by atoms with Crippen LogP contribution < -0.4 is 5.32 Å². The summed E-state index contributed by atoms with van der Waals surface area (Å²) in [6.07, 6.45) is 1.82. The smallest absolute Gasteiger partial charge is 0.295 e. The molecule has 0 amide bonds. The quantitative estimate of drug-likeness (QED) is 0.595. The van der Waals surface area contributed by atoms with E-state index in [1.807, 2.05) is 42.6 Å². The van der Waals surface area contributed by atoms with E-state index in [-0.39, 0.29) is 0 Å². The van der Waals surface area contributed by atoms with Crippen molar-refractivity contribution in [1.82, 2.24) is 15.2 Å². The van der Waals surface area contributed by atoms with Crippen LogP contribution in [0.3, 0.4) is 0 Å². The van der Waals surface area contributed by atoms with Crippen LogP contribution in [0.1, 0.15) is 5.56 Å². The Bertz CT molecular complexity index is 844. The van der Waals surface area contributed by atoms with Crippen molar-refractivity contribution in [2.24, 2.45) is 0 Å². The highest BCUT2D eigenvalue weighted by Crippen LogP contribution is 2.20. The molecule has 0 aliphatic carbocycles. The fraction of sp³-hybridized carbons (Fsp3) is 0.0667. The molecule has 2 aromatic heterocycles. The Labute approximate surface area is 114 Å². The normalized spacial score (nSPS) is 11.2. The van der Waals surface area contributed by atoms with Gasteiger partial charge in [0.25, 0.3) is 6.01 Å². The van der Waals surface area contributed by atoms with Crippen LogP contribution in [0.15, 0.2) is 53.1 Å². The van der Waals surface area contributed by atoms with Crippen LogP contribution in [0.5, 0.6) is 0 Å². The summed E-state index contributed by atoms with van der Waals surface area (Å²) in [5.74, 6) is 0. The number of anilines is 1. The molecule has 0 unspecified atom stereocenters. The molecule has 5 nitrogen and oxygen atoms in total. The first-order valence-electron chi connectivity index (χ1n) is 6.40. The second-order valence-electron chi connectivity index (χ2n) is 4.59. The van der Waals surface area contributed by atoms with Gasteiger partial charge in [-0.15, -0.1) is 0 Å². The van der Waals surface area contributed by atoms with Gasteiger partial charge in [0.05, 0.1) is 11.7 Å². The lowest BCUT2D eigenvalue weighted by molar-refractivity contribution is 0.614. The Hall–Kier alpha value is -2.82. The van der Waals surface area contributed by atoms with Crippen LogP contribution in [-0.4, -0.2) is 15.2 Å². The standard InChI is InChI=1S/C15H12N4O/c1-2-7-13-12(6-1)18-15(20-13)16-8-10-4-3-5-11-9-17-19-14(10)11/h1-7,9H,8H2,(H,16,18)(H,17,19). The zero-order valence-corrected chi connectivity index (χ0v) is 10.6. The number of para-hydroxylation sites is 3. The monoisotopic (exact) mass is 264 g/mol. The summed E-state index contributed by atoms with van der Waals surface area (Å²) in [5.41, 5.74) is 3.81. The van der Waals surface area contributed by atoms with E-state index in [1.54, 1.807) is 0 Å². The summed E-state index contributed by atoms with van der Waals surface area (Å²) in [7, 11) is 0. The molecule has 0 aliphatic heterocycles. The average molecular weight is 264 g/mol. The molecule has 5 heteroatoms. The number of aromatic amines is 1. The highest BCUT2D eigenvalue weighted by molar-refractivity contribution is 5.81. The summed E-state index contributed by atoms with van der Waals surface area (Å²) in [6.45, 7) is 0.631. The van der Waals surface area contributed by atoms with Gasteiger partial charge < -0.3 is 9.73 Å². The summed E-state index contributed by atoms with van der Waals surface area (Å²) < 4.78 is 5.64. The number of rotatable bonds is 3. The number of H-pyrrole nitrogens is 1. The second kappa shape index (κ2) is 4.38.